The molecule has 2 aliphatic rings. The van der Waals surface area contributed by atoms with Crippen molar-refractivity contribution in [1.29, 1.82) is 0 Å². The lowest BCUT2D eigenvalue weighted by Crippen LogP contribution is -2.33. The van der Waals surface area contributed by atoms with Crippen LogP contribution in [0.5, 0.6) is 0 Å². The number of aryl methyl sites for hydroxylation is 1. The van der Waals surface area contributed by atoms with Gasteiger partial charge in [-0.05, 0) is 26.7 Å². The zero-order valence-electron chi connectivity index (χ0n) is 14.2. The molecule has 1 aromatic heterocycles. The number of nitrogens with one attached hydrogen (secondary N) is 1. The molecule has 0 spiro atoms. The summed E-state index contributed by atoms with van der Waals surface area (Å²) in [4.78, 5) is 36.9. The minimum absolute atomic E-state index is 0.00538. The summed E-state index contributed by atoms with van der Waals surface area (Å²) < 4.78 is 4.91. The van der Waals surface area contributed by atoms with Gasteiger partial charge in [-0.2, -0.15) is 0 Å². The summed E-state index contributed by atoms with van der Waals surface area (Å²) in [5.74, 6) is -1.18. The van der Waals surface area contributed by atoms with Crippen LogP contribution in [-0.2, 0) is 14.3 Å². The highest BCUT2D eigenvalue weighted by Gasteiger charge is 2.40. The minimum Gasteiger partial charge on any atom is -0.466 e. The van der Waals surface area contributed by atoms with Crippen molar-refractivity contribution in [3.8, 4) is 0 Å². The number of carbonyl (C=O) groups excluding carboxylic acids is 2. The molecule has 1 N–H and O–H groups in total. The molecule has 1 atom stereocenters. The first-order chi connectivity index (χ1) is 11.8. The largest absolute Gasteiger partial charge is 0.466 e. The van der Waals surface area contributed by atoms with Crippen molar-refractivity contribution in [1.82, 2.24) is 5.32 Å². The zero-order valence-corrected chi connectivity index (χ0v) is 15.0. The molecule has 0 saturated heterocycles. The van der Waals surface area contributed by atoms with Crippen LogP contribution in [0.15, 0.2) is 28.6 Å². The number of Topliss-reactive ketones (excluding diaryl/α,β-unsaturated/α-hetero) is 1. The molecule has 1 aliphatic heterocycles. The molecule has 25 heavy (non-hydrogen) atoms. The predicted octanol–water partition coefficient (Wildman–Crippen LogP) is 3.11. The van der Waals surface area contributed by atoms with Gasteiger partial charge in [0.15, 0.2) is 5.78 Å². The number of dihydropyridines is 1. The molecule has 0 radical (unpaired) electrons. The Kier molecular flexibility index (Phi) is 4.47. The third-order valence-electron chi connectivity index (χ3n) is 4.57. The highest BCUT2D eigenvalue weighted by atomic mass is 32.1. The lowest BCUT2D eigenvalue weighted by molar-refractivity contribution is -0.385. The first-order valence-corrected chi connectivity index (χ1v) is 8.73. The number of carbonyl (C=O) groups is 2. The monoisotopic (exact) mass is 362 g/mol. The van der Waals surface area contributed by atoms with Gasteiger partial charge in [-0.25, -0.2) is 4.79 Å². The maximum atomic E-state index is 12.6. The second-order valence-electron chi connectivity index (χ2n) is 6.10. The highest BCUT2D eigenvalue weighted by Crippen LogP contribution is 2.46. The summed E-state index contributed by atoms with van der Waals surface area (Å²) in [5, 5.41) is 14.4. The van der Waals surface area contributed by atoms with Gasteiger partial charge in [0.2, 0.25) is 0 Å². The van der Waals surface area contributed by atoms with Crippen LogP contribution in [0.2, 0.25) is 0 Å². The summed E-state index contributed by atoms with van der Waals surface area (Å²) in [7, 11) is 1.29. The minimum atomic E-state index is -0.617. The molecule has 3 rings (SSSR count). The van der Waals surface area contributed by atoms with Crippen molar-refractivity contribution in [2.24, 2.45) is 0 Å². The number of hydrogen-bond acceptors (Lipinski definition) is 7. The molecular weight excluding hydrogens is 344 g/mol. The normalized spacial score (nSPS) is 20.3. The lowest BCUT2D eigenvalue weighted by atomic mass is 9.78. The van der Waals surface area contributed by atoms with Gasteiger partial charge in [0.05, 0.1) is 28.4 Å². The number of rotatable bonds is 3. The Morgan fingerprint density at radius 2 is 2.12 bits per heavy atom. The summed E-state index contributed by atoms with van der Waals surface area (Å²) in [6, 6.07) is 1.47. The Morgan fingerprint density at radius 1 is 1.40 bits per heavy atom. The molecule has 1 aromatic rings. The second-order valence-corrected chi connectivity index (χ2v) is 7.39. The Hall–Kier alpha value is -2.48. The Balaban J connectivity index is 2.21. The molecule has 1 aliphatic carbocycles. The second kappa shape index (κ2) is 6.44. The molecule has 0 fully saturated rings. The number of esters is 1. The fraction of sp³-hybridized carbons (Fsp3) is 0.412. The van der Waals surface area contributed by atoms with Gasteiger partial charge in [-0.1, -0.05) is 0 Å². The zero-order chi connectivity index (χ0) is 18.3. The fourth-order valence-corrected chi connectivity index (χ4v) is 4.58. The fourth-order valence-electron chi connectivity index (χ4n) is 3.47. The van der Waals surface area contributed by atoms with E-state index < -0.39 is 16.8 Å². The Morgan fingerprint density at radius 3 is 2.72 bits per heavy atom. The third-order valence-corrected chi connectivity index (χ3v) is 5.68. The van der Waals surface area contributed by atoms with E-state index in [1.54, 1.807) is 13.8 Å². The molecule has 0 aromatic carbocycles. The SMILES string of the molecule is COC(=O)C1=C(C)NC2=C(C(=O)CCC2)C1c1cc([N+](=O)[O-])c(C)s1. The average Bonchev–Trinajstić information content (AvgIpc) is 2.95. The standard InChI is InChI=1S/C17H18N2O5S/c1-8-14(17(21)24-3)16(13-7-11(19(22)23)9(2)25-13)15-10(18-8)5-4-6-12(15)20/h7,16,18H,4-6H2,1-3H3. The van der Waals surface area contributed by atoms with Crippen LogP contribution in [0.3, 0.4) is 0 Å². The first kappa shape index (κ1) is 17.3. The number of ether oxygens (including phenoxy) is 1. The van der Waals surface area contributed by atoms with E-state index in [0.717, 1.165) is 18.5 Å². The molecule has 0 amide bonds. The Bertz CT molecular complexity index is 849. The number of allylic oxidation sites excluding steroid dienone is 3. The summed E-state index contributed by atoms with van der Waals surface area (Å²) in [6.07, 6.45) is 1.88. The number of thiophene rings is 1. The molecule has 0 saturated carbocycles. The van der Waals surface area contributed by atoms with Gasteiger partial charge in [-0.3, -0.25) is 14.9 Å². The van der Waals surface area contributed by atoms with Gasteiger partial charge in [0, 0.05) is 34.3 Å². The van der Waals surface area contributed by atoms with E-state index in [9.17, 15) is 19.7 Å². The Labute approximate surface area is 148 Å². The van der Waals surface area contributed by atoms with Gasteiger partial charge >= 0.3 is 5.97 Å². The van der Waals surface area contributed by atoms with Crippen molar-refractivity contribution >= 4 is 28.8 Å². The molecule has 8 heteroatoms. The quantitative estimate of drug-likeness (QED) is 0.504. The molecule has 0 bridgehead atoms. The van der Waals surface area contributed by atoms with Crippen LogP contribution < -0.4 is 5.32 Å². The van der Waals surface area contributed by atoms with Gasteiger partial charge in [0.1, 0.15) is 0 Å². The average molecular weight is 362 g/mol. The van der Waals surface area contributed by atoms with Crippen LogP contribution in [0.25, 0.3) is 0 Å². The van der Waals surface area contributed by atoms with Crippen molar-refractivity contribution < 1.29 is 19.2 Å². The van der Waals surface area contributed by atoms with Crippen LogP contribution >= 0.6 is 11.3 Å². The highest BCUT2D eigenvalue weighted by molar-refractivity contribution is 7.12. The number of nitrogens with zero attached hydrogens (tertiary/aromatic N) is 1. The van der Waals surface area contributed by atoms with E-state index >= 15 is 0 Å². The van der Waals surface area contributed by atoms with Gasteiger partial charge in [-0.15, -0.1) is 11.3 Å². The maximum Gasteiger partial charge on any atom is 0.336 e. The summed E-state index contributed by atoms with van der Waals surface area (Å²) in [5.41, 5.74) is 2.31. The van der Waals surface area contributed by atoms with E-state index in [1.807, 2.05) is 0 Å². The van der Waals surface area contributed by atoms with Crippen molar-refractivity contribution in [2.75, 3.05) is 7.11 Å². The smallest absolute Gasteiger partial charge is 0.336 e. The van der Waals surface area contributed by atoms with E-state index in [1.165, 1.54) is 24.5 Å². The van der Waals surface area contributed by atoms with E-state index in [2.05, 4.69) is 5.32 Å². The predicted molar refractivity (Wildman–Crippen MR) is 92.2 cm³/mol. The number of hydrogen-bond donors (Lipinski definition) is 1. The molecule has 132 valence electrons. The summed E-state index contributed by atoms with van der Waals surface area (Å²) >= 11 is 1.24. The number of ketones is 1. The van der Waals surface area contributed by atoms with Crippen LogP contribution in [0.4, 0.5) is 5.69 Å². The van der Waals surface area contributed by atoms with Gasteiger partial charge < -0.3 is 10.1 Å². The number of methoxy groups -OCH3 is 1. The van der Waals surface area contributed by atoms with Crippen LogP contribution in [0.1, 0.15) is 41.9 Å². The van der Waals surface area contributed by atoms with E-state index in [-0.39, 0.29) is 11.5 Å². The molecule has 7 nitrogen and oxygen atoms in total. The van der Waals surface area contributed by atoms with E-state index in [4.69, 9.17) is 4.74 Å². The third kappa shape index (κ3) is 2.86. The first-order valence-electron chi connectivity index (χ1n) is 7.92. The maximum absolute atomic E-state index is 12.6. The topological polar surface area (TPSA) is 98.5 Å². The molecule has 1 unspecified atom stereocenters. The van der Waals surface area contributed by atoms with Gasteiger partial charge in [0.25, 0.3) is 5.69 Å². The lowest BCUT2D eigenvalue weighted by Gasteiger charge is -2.33. The summed E-state index contributed by atoms with van der Waals surface area (Å²) in [6.45, 7) is 3.43. The van der Waals surface area contributed by atoms with Crippen molar-refractivity contribution in [3.63, 3.8) is 0 Å². The van der Waals surface area contributed by atoms with Crippen LogP contribution in [0, 0.1) is 17.0 Å². The van der Waals surface area contributed by atoms with Crippen LogP contribution in [-0.4, -0.2) is 23.8 Å². The molecule has 2 heterocycles. The van der Waals surface area contributed by atoms with E-state index in [0.29, 0.717) is 33.0 Å². The molecular formula is C17H18N2O5S. The van der Waals surface area contributed by atoms with Crippen molar-refractivity contribution in [2.45, 2.75) is 39.0 Å². The van der Waals surface area contributed by atoms with Crippen molar-refractivity contribution in [3.05, 3.63) is 48.5 Å². The number of nitro groups is 1.